The Morgan fingerprint density at radius 3 is 2.32 bits per heavy atom. The molecular weight excluding hydrogens is 491 g/mol. The third-order valence-electron chi connectivity index (χ3n) is 4.71. The molecule has 0 amide bonds. The molecule has 0 aromatic rings. The molecule has 2 N–H and O–H groups in total. The van der Waals surface area contributed by atoms with Crippen molar-refractivity contribution in [2.45, 2.75) is 83.1 Å². The van der Waals surface area contributed by atoms with Gasteiger partial charge in [0.05, 0.1) is 26.5 Å². The van der Waals surface area contributed by atoms with Gasteiger partial charge in [0.25, 0.3) is 0 Å². The predicted octanol–water partition coefficient (Wildman–Crippen LogP) is 0.785. The number of rotatable bonds is 13. The zero-order chi connectivity index (χ0) is 25.7. The zero-order valence-corrected chi connectivity index (χ0v) is 21.3. The Hall–Kier alpha value is -0.195. The van der Waals surface area contributed by atoms with Crippen LogP contribution in [-0.2, 0) is 46.2 Å². The van der Waals surface area contributed by atoms with Crippen molar-refractivity contribution >= 4 is 44.4 Å². The summed E-state index contributed by atoms with van der Waals surface area (Å²) in [7, 11) is 2.90. The summed E-state index contributed by atoms with van der Waals surface area (Å²) < 4.78 is 60.7. The van der Waals surface area contributed by atoms with Crippen LogP contribution in [0.3, 0.4) is 0 Å². The summed E-state index contributed by atoms with van der Waals surface area (Å²) in [6.07, 6.45) is -4.88. The molecule has 0 saturated carbocycles. The van der Waals surface area contributed by atoms with Crippen molar-refractivity contribution in [3.05, 3.63) is 0 Å². The Labute approximate surface area is 202 Å². The first-order chi connectivity index (χ1) is 15.7. The number of phosphoric acid groups is 2. The van der Waals surface area contributed by atoms with Gasteiger partial charge in [-0.3, -0.25) is 18.5 Å². The zero-order valence-electron chi connectivity index (χ0n) is 19.6. The smallest absolute Gasteiger partial charge is 0.380 e. The third kappa shape index (κ3) is 9.69. The van der Waals surface area contributed by atoms with E-state index in [2.05, 4.69) is 4.52 Å². The van der Waals surface area contributed by atoms with Gasteiger partial charge in [0.2, 0.25) is 0 Å². The highest BCUT2D eigenvalue weighted by molar-refractivity contribution is 7.48. The highest BCUT2D eigenvalue weighted by atomic mass is 31.2. The molecule has 8 atom stereocenters. The van der Waals surface area contributed by atoms with Crippen molar-refractivity contribution in [1.29, 1.82) is 0 Å². The van der Waals surface area contributed by atoms with Crippen LogP contribution >= 0.6 is 15.6 Å². The van der Waals surface area contributed by atoms with E-state index in [4.69, 9.17) is 43.4 Å². The Bertz CT molecular complexity index is 772. The van der Waals surface area contributed by atoms with Crippen LogP contribution in [0.25, 0.3) is 0 Å². The second kappa shape index (κ2) is 12.9. The van der Waals surface area contributed by atoms with Crippen LogP contribution in [-0.4, -0.2) is 94.3 Å². The molecule has 2 heterocycles. The monoisotopic (exact) mass is 521 g/mol. The van der Waals surface area contributed by atoms with Gasteiger partial charge >= 0.3 is 21.6 Å². The molecule has 2 aliphatic rings. The fourth-order valence-corrected chi connectivity index (χ4v) is 5.23. The Morgan fingerprint density at radius 1 is 1.09 bits per heavy atom. The van der Waals surface area contributed by atoms with Crippen molar-refractivity contribution in [3.8, 4) is 0 Å². The molecule has 0 aromatic carbocycles. The predicted molar refractivity (Wildman–Crippen MR) is 121 cm³/mol. The molecule has 2 unspecified atom stereocenters. The second-order valence-corrected chi connectivity index (χ2v) is 11.4. The molecule has 2 rings (SSSR count). The van der Waals surface area contributed by atoms with Crippen LogP contribution in [0.15, 0.2) is 0 Å². The molecular formula is C17H30B3O12P2. The lowest BCUT2D eigenvalue weighted by molar-refractivity contribution is -0.151. The molecule has 17 heteroatoms. The molecule has 0 bridgehead atoms. The number of phosphoric ester groups is 2. The van der Waals surface area contributed by atoms with E-state index in [0.717, 1.165) is 0 Å². The van der Waals surface area contributed by atoms with Gasteiger partial charge in [-0.2, -0.15) is 0 Å². The standard InChI is InChI=1S/C17H30B3O12P2/c1-9(2)7-27-33(22,23)31-12-5-14(18)29-16(12)17(21)32-34(24,25)30-11-6-15(20-19)28-13(11)8-26-10(3)4/h9-16H,5-8H2,1-4H3,(H,22,23)(H,24,25)/t11-,12-,13-,14-,15-,16+/m1/s1. The second-order valence-electron chi connectivity index (χ2n) is 8.68. The van der Waals surface area contributed by atoms with E-state index in [1.54, 1.807) is 27.7 Å². The fraction of sp³-hybridized carbons (Fsp3) is 0.941. The van der Waals surface area contributed by atoms with Crippen LogP contribution in [0.2, 0.25) is 0 Å². The van der Waals surface area contributed by atoms with Crippen molar-refractivity contribution in [1.82, 2.24) is 0 Å². The van der Waals surface area contributed by atoms with E-state index in [9.17, 15) is 23.7 Å². The Balaban J connectivity index is 2.01. The molecule has 2 fully saturated rings. The number of hydrogen-bond donors (Lipinski definition) is 2. The summed E-state index contributed by atoms with van der Waals surface area (Å²) in [4.78, 5) is 32.6. The minimum absolute atomic E-state index is 0.0548. The van der Waals surface area contributed by atoms with Crippen LogP contribution in [0.5, 0.6) is 0 Å². The van der Waals surface area contributed by atoms with Gasteiger partial charge in [0.15, 0.2) is 6.10 Å². The van der Waals surface area contributed by atoms with Gasteiger partial charge in [-0.25, -0.2) is 13.9 Å². The summed E-state index contributed by atoms with van der Waals surface area (Å²) in [6.45, 7) is 7.11. The van der Waals surface area contributed by atoms with Crippen molar-refractivity contribution in [3.63, 3.8) is 0 Å². The molecule has 2 saturated heterocycles. The quantitative estimate of drug-likeness (QED) is 0.260. The summed E-state index contributed by atoms with van der Waals surface area (Å²) >= 11 is 0. The number of carbonyl (C=O) groups excluding carboxylic acids is 1. The van der Waals surface area contributed by atoms with E-state index in [-0.39, 0.29) is 38.1 Å². The van der Waals surface area contributed by atoms with Gasteiger partial charge in [0, 0.05) is 19.7 Å². The maximum Gasteiger partial charge on any atom is 0.530 e. The van der Waals surface area contributed by atoms with Crippen molar-refractivity contribution in [2.75, 3.05) is 13.2 Å². The van der Waals surface area contributed by atoms with Crippen LogP contribution < -0.4 is 0 Å². The van der Waals surface area contributed by atoms with E-state index in [1.165, 1.54) is 7.17 Å². The maximum absolute atomic E-state index is 12.6. The van der Waals surface area contributed by atoms with Crippen LogP contribution in [0.4, 0.5) is 0 Å². The van der Waals surface area contributed by atoms with Crippen molar-refractivity contribution in [2.24, 2.45) is 5.92 Å². The topological polar surface area (TPSA) is 156 Å². The lowest BCUT2D eigenvalue weighted by Crippen LogP contribution is -2.34. The normalized spacial score (nSPS) is 33.1. The first-order valence-electron chi connectivity index (χ1n) is 10.8. The lowest BCUT2D eigenvalue weighted by Gasteiger charge is -2.24. The van der Waals surface area contributed by atoms with Gasteiger partial charge in [0.1, 0.15) is 26.2 Å². The van der Waals surface area contributed by atoms with Crippen molar-refractivity contribution < 1.29 is 56.0 Å². The maximum atomic E-state index is 12.6. The molecule has 12 nitrogen and oxygen atoms in total. The molecule has 34 heavy (non-hydrogen) atoms. The third-order valence-corrected chi connectivity index (χ3v) is 6.67. The molecule has 0 aromatic heterocycles. The Kier molecular flexibility index (Phi) is 11.4. The average Bonchev–Trinajstić information content (AvgIpc) is 3.26. The van der Waals surface area contributed by atoms with Gasteiger partial charge < -0.3 is 23.6 Å². The molecule has 189 valence electrons. The van der Waals surface area contributed by atoms with Gasteiger partial charge in [-0.05, 0) is 32.6 Å². The van der Waals surface area contributed by atoms with Gasteiger partial charge in [-0.15, -0.1) is 0 Å². The molecule has 0 spiro atoms. The minimum atomic E-state index is -4.97. The Morgan fingerprint density at radius 2 is 1.74 bits per heavy atom. The fourth-order valence-electron chi connectivity index (χ4n) is 3.21. The highest BCUT2D eigenvalue weighted by Gasteiger charge is 2.47. The number of ether oxygens (including phenoxy) is 3. The van der Waals surface area contributed by atoms with E-state index in [0.29, 0.717) is 0 Å². The molecule has 0 aliphatic carbocycles. The highest BCUT2D eigenvalue weighted by Crippen LogP contribution is 2.50. The summed E-state index contributed by atoms with van der Waals surface area (Å²) in [5.74, 6) is -1.42. The average molecular weight is 521 g/mol. The van der Waals surface area contributed by atoms with E-state index in [1.807, 2.05) is 0 Å². The van der Waals surface area contributed by atoms with Crippen LogP contribution in [0.1, 0.15) is 40.5 Å². The number of carbonyl (C=O) groups is 1. The SMILES string of the molecule is [B][B][C@H]1C[C@@H](OP(=O)(O)OC(=O)[C@H]2O[C@@H]([B])C[C@H]2OP(=O)(O)OCC(C)C)[C@@H](COC(C)C)O1. The van der Waals surface area contributed by atoms with E-state index >= 15 is 0 Å². The van der Waals surface area contributed by atoms with E-state index < -0.39 is 58.0 Å². The van der Waals surface area contributed by atoms with Crippen LogP contribution in [0, 0.1) is 5.92 Å². The summed E-state index contributed by atoms with van der Waals surface area (Å²) in [6, 6.07) is -1.60. The molecule has 2 aliphatic heterocycles. The minimum Gasteiger partial charge on any atom is -0.380 e. The lowest BCUT2D eigenvalue weighted by atomic mass is 9.51. The molecule has 5 radical (unpaired) electrons. The largest absolute Gasteiger partial charge is 0.530 e. The summed E-state index contributed by atoms with van der Waals surface area (Å²) in [5, 5.41) is 0. The first-order valence-corrected chi connectivity index (χ1v) is 13.8. The first kappa shape index (κ1) is 30.0. The van der Waals surface area contributed by atoms with Gasteiger partial charge in [-0.1, -0.05) is 13.8 Å². The number of hydrogen-bond acceptors (Lipinski definition) is 10. The summed E-state index contributed by atoms with van der Waals surface area (Å²) in [5.41, 5.74) is 0.